The molecule has 0 saturated carbocycles. The van der Waals surface area contributed by atoms with Crippen LogP contribution in [-0.4, -0.2) is 34.2 Å². The Morgan fingerprint density at radius 3 is 2.48 bits per heavy atom. The second-order valence-corrected chi connectivity index (χ2v) is 6.91. The van der Waals surface area contributed by atoms with Crippen molar-refractivity contribution in [1.29, 1.82) is 0 Å². The van der Waals surface area contributed by atoms with Crippen LogP contribution in [0.2, 0.25) is 0 Å². The molecule has 1 saturated heterocycles. The van der Waals surface area contributed by atoms with Gasteiger partial charge in [-0.3, -0.25) is 4.79 Å². The van der Waals surface area contributed by atoms with Crippen molar-refractivity contribution in [1.82, 2.24) is 15.2 Å². The smallest absolute Gasteiger partial charge is 0.228 e. The first-order valence-corrected chi connectivity index (χ1v) is 8.85. The van der Waals surface area contributed by atoms with Gasteiger partial charge >= 0.3 is 0 Å². The SMILES string of the molecule is Cc1ccc(N2CCC(C(=O)Nc3ccc(C(C)C)cn3)CC2)nn1. The minimum atomic E-state index is 0.0150. The van der Waals surface area contributed by atoms with Crippen LogP contribution in [-0.2, 0) is 4.79 Å². The van der Waals surface area contributed by atoms with Crippen molar-refractivity contribution in [2.24, 2.45) is 5.92 Å². The Morgan fingerprint density at radius 1 is 1.16 bits per heavy atom. The van der Waals surface area contributed by atoms with Crippen LogP contribution in [0.1, 0.15) is 43.9 Å². The standard InChI is InChI=1S/C19H25N5O/c1-13(2)16-5-6-17(20-12-16)21-19(25)15-8-10-24(11-9-15)18-7-4-14(3)22-23-18/h4-7,12-13,15H,8-11H2,1-3H3,(H,20,21,25). The van der Waals surface area contributed by atoms with Crippen LogP contribution in [0, 0.1) is 12.8 Å². The van der Waals surface area contributed by atoms with Gasteiger partial charge in [-0.25, -0.2) is 4.98 Å². The molecule has 0 radical (unpaired) electrons. The summed E-state index contributed by atoms with van der Waals surface area (Å²) in [7, 11) is 0. The maximum atomic E-state index is 12.5. The highest BCUT2D eigenvalue weighted by atomic mass is 16.1. The van der Waals surface area contributed by atoms with Crippen LogP contribution < -0.4 is 10.2 Å². The van der Waals surface area contributed by atoms with E-state index in [2.05, 4.69) is 39.2 Å². The van der Waals surface area contributed by atoms with E-state index in [1.54, 1.807) is 0 Å². The molecule has 1 aliphatic rings. The number of pyridine rings is 1. The Bertz CT molecular complexity index is 704. The van der Waals surface area contributed by atoms with Crippen LogP contribution >= 0.6 is 0 Å². The molecule has 0 atom stereocenters. The van der Waals surface area contributed by atoms with E-state index in [1.165, 1.54) is 5.56 Å². The van der Waals surface area contributed by atoms with E-state index < -0.39 is 0 Å². The molecule has 1 amide bonds. The Labute approximate surface area is 148 Å². The summed E-state index contributed by atoms with van der Waals surface area (Å²) < 4.78 is 0. The first-order valence-electron chi connectivity index (χ1n) is 8.85. The molecule has 2 aromatic rings. The molecule has 3 rings (SSSR count). The van der Waals surface area contributed by atoms with Gasteiger partial charge in [0, 0.05) is 25.2 Å². The third kappa shape index (κ3) is 4.32. The molecule has 3 heterocycles. The Balaban J connectivity index is 1.53. The van der Waals surface area contributed by atoms with Crippen molar-refractivity contribution >= 4 is 17.5 Å². The lowest BCUT2D eigenvalue weighted by atomic mass is 9.96. The lowest BCUT2D eigenvalue weighted by molar-refractivity contribution is -0.120. The highest BCUT2D eigenvalue weighted by molar-refractivity contribution is 5.91. The second-order valence-electron chi connectivity index (χ2n) is 6.91. The van der Waals surface area contributed by atoms with Crippen molar-refractivity contribution in [2.75, 3.05) is 23.3 Å². The zero-order chi connectivity index (χ0) is 17.8. The van der Waals surface area contributed by atoms with Crippen LogP contribution in [0.15, 0.2) is 30.5 Å². The fourth-order valence-corrected chi connectivity index (χ4v) is 2.98. The average molecular weight is 339 g/mol. The van der Waals surface area contributed by atoms with Crippen LogP contribution in [0.4, 0.5) is 11.6 Å². The van der Waals surface area contributed by atoms with Gasteiger partial charge in [0.1, 0.15) is 5.82 Å². The maximum Gasteiger partial charge on any atom is 0.228 e. The number of carbonyl (C=O) groups is 1. The minimum absolute atomic E-state index is 0.0150. The minimum Gasteiger partial charge on any atom is -0.355 e. The van der Waals surface area contributed by atoms with Crippen molar-refractivity contribution in [3.63, 3.8) is 0 Å². The van der Waals surface area contributed by atoms with E-state index >= 15 is 0 Å². The number of aryl methyl sites for hydroxylation is 1. The van der Waals surface area contributed by atoms with E-state index in [4.69, 9.17) is 0 Å². The normalized spacial score (nSPS) is 15.4. The van der Waals surface area contributed by atoms with E-state index in [0.29, 0.717) is 11.7 Å². The van der Waals surface area contributed by atoms with Gasteiger partial charge in [0.15, 0.2) is 5.82 Å². The molecular weight excluding hydrogens is 314 g/mol. The summed E-state index contributed by atoms with van der Waals surface area (Å²) in [5.74, 6) is 2.02. The largest absolute Gasteiger partial charge is 0.355 e. The average Bonchev–Trinajstić information content (AvgIpc) is 2.63. The number of piperidine rings is 1. The molecule has 0 aliphatic carbocycles. The van der Waals surface area contributed by atoms with Crippen molar-refractivity contribution < 1.29 is 4.79 Å². The summed E-state index contributed by atoms with van der Waals surface area (Å²) in [5.41, 5.74) is 2.08. The number of nitrogens with one attached hydrogen (secondary N) is 1. The summed E-state index contributed by atoms with van der Waals surface area (Å²) in [6.07, 6.45) is 3.45. The molecule has 0 unspecified atom stereocenters. The highest BCUT2D eigenvalue weighted by Crippen LogP contribution is 2.23. The molecule has 6 nitrogen and oxygen atoms in total. The lowest BCUT2D eigenvalue weighted by Gasteiger charge is -2.31. The van der Waals surface area contributed by atoms with Gasteiger partial charge in [-0.1, -0.05) is 19.9 Å². The van der Waals surface area contributed by atoms with Crippen molar-refractivity contribution in [3.05, 3.63) is 41.7 Å². The molecule has 2 aromatic heterocycles. The van der Waals surface area contributed by atoms with E-state index in [0.717, 1.165) is 37.4 Å². The predicted octanol–water partition coefficient (Wildman–Crippen LogP) is 3.16. The first-order chi connectivity index (χ1) is 12.0. The van der Waals surface area contributed by atoms with Gasteiger partial charge in [0.05, 0.1) is 5.69 Å². The zero-order valence-corrected chi connectivity index (χ0v) is 15.1. The van der Waals surface area contributed by atoms with Crippen LogP contribution in [0.25, 0.3) is 0 Å². The Hall–Kier alpha value is -2.50. The molecule has 1 aliphatic heterocycles. The number of rotatable bonds is 4. The fourth-order valence-electron chi connectivity index (χ4n) is 2.98. The summed E-state index contributed by atoms with van der Waals surface area (Å²) >= 11 is 0. The Morgan fingerprint density at radius 2 is 1.92 bits per heavy atom. The molecule has 132 valence electrons. The van der Waals surface area contributed by atoms with Gasteiger partial charge in [0.25, 0.3) is 0 Å². The van der Waals surface area contributed by atoms with Gasteiger partial charge in [-0.05, 0) is 49.4 Å². The summed E-state index contributed by atoms with van der Waals surface area (Å²) in [5, 5.41) is 11.3. The first kappa shape index (κ1) is 17.3. The summed E-state index contributed by atoms with van der Waals surface area (Å²) in [6.45, 7) is 7.81. The fraction of sp³-hybridized carbons (Fsp3) is 0.474. The summed E-state index contributed by atoms with van der Waals surface area (Å²) in [6, 6.07) is 7.85. The molecule has 1 N–H and O–H groups in total. The number of carbonyl (C=O) groups excluding carboxylic acids is 1. The van der Waals surface area contributed by atoms with Crippen molar-refractivity contribution in [3.8, 4) is 0 Å². The van der Waals surface area contributed by atoms with E-state index in [-0.39, 0.29) is 11.8 Å². The molecule has 0 spiro atoms. The number of nitrogens with zero attached hydrogens (tertiary/aromatic N) is 4. The molecular formula is C19H25N5O. The Kier molecular flexibility index (Phi) is 5.26. The predicted molar refractivity (Wildman–Crippen MR) is 98.7 cm³/mol. The number of aromatic nitrogens is 3. The summed E-state index contributed by atoms with van der Waals surface area (Å²) in [4.78, 5) is 19.0. The van der Waals surface area contributed by atoms with Gasteiger partial charge in [0.2, 0.25) is 5.91 Å². The van der Waals surface area contributed by atoms with Gasteiger partial charge < -0.3 is 10.2 Å². The number of amides is 1. The quantitative estimate of drug-likeness (QED) is 0.926. The van der Waals surface area contributed by atoms with Crippen LogP contribution in [0.3, 0.4) is 0 Å². The number of hydrogen-bond acceptors (Lipinski definition) is 5. The highest BCUT2D eigenvalue weighted by Gasteiger charge is 2.26. The maximum absolute atomic E-state index is 12.5. The number of hydrogen-bond donors (Lipinski definition) is 1. The van der Waals surface area contributed by atoms with Crippen molar-refractivity contribution in [2.45, 2.75) is 39.5 Å². The molecule has 25 heavy (non-hydrogen) atoms. The van der Waals surface area contributed by atoms with Crippen LogP contribution in [0.5, 0.6) is 0 Å². The molecule has 0 bridgehead atoms. The third-order valence-corrected chi connectivity index (χ3v) is 4.68. The molecule has 1 fully saturated rings. The molecule has 0 aromatic carbocycles. The molecule has 6 heteroatoms. The lowest BCUT2D eigenvalue weighted by Crippen LogP contribution is -2.38. The third-order valence-electron chi connectivity index (χ3n) is 4.68. The zero-order valence-electron chi connectivity index (χ0n) is 15.1. The van der Waals surface area contributed by atoms with E-state index in [1.807, 2.05) is 37.4 Å². The van der Waals surface area contributed by atoms with Gasteiger partial charge in [-0.2, -0.15) is 5.10 Å². The van der Waals surface area contributed by atoms with Gasteiger partial charge in [-0.15, -0.1) is 5.10 Å². The monoisotopic (exact) mass is 339 g/mol. The topological polar surface area (TPSA) is 71.0 Å². The van der Waals surface area contributed by atoms with E-state index in [9.17, 15) is 4.79 Å². The number of anilines is 2. The second kappa shape index (κ2) is 7.59.